The van der Waals surface area contributed by atoms with Gasteiger partial charge >= 0.3 is 6.61 Å². The van der Waals surface area contributed by atoms with Crippen molar-refractivity contribution in [1.29, 1.82) is 0 Å². The van der Waals surface area contributed by atoms with Gasteiger partial charge in [0.25, 0.3) is 5.69 Å². The van der Waals surface area contributed by atoms with Crippen molar-refractivity contribution >= 4 is 12.0 Å². The van der Waals surface area contributed by atoms with Crippen molar-refractivity contribution in [2.24, 2.45) is 0 Å². The Morgan fingerprint density at radius 3 is 2.53 bits per heavy atom. The number of hydrogen-bond donors (Lipinski definition) is 0. The zero-order valence-corrected chi connectivity index (χ0v) is 8.55. The highest BCUT2D eigenvalue weighted by Crippen LogP contribution is 2.35. The first-order valence-corrected chi connectivity index (χ1v) is 4.26. The fourth-order valence-corrected chi connectivity index (χ4v) is 1.17. The molecule has 0 aliphatic heterocycles. The number of alkyl halides is 2. The van der Waals surface area contributed by atoms with Gasteiger partial charge in [-0.2, -0.15) is 8.78 Å². The Balaban J connectivity index is 3.35. The lowest BCUT2D eigenvalue weighted by Crippen LogP contribution is -2.06. The Hall–Kier alpha value is -2.25. The van der Waals surface area contributed by atoms with Crippen molar-refractivity contribution in [3.8, 4) is 11.5 Å². The van der Waals surface area contributed by atoms with Gasteiger partial charge in [0.05, 0.1) is 23.7 Å². The minimum Gasteiger partial charge on any atom is -0.493 e. The number of benzene rings is 1. The van der Waals surface area contributed by atoms with Crippen LogP contribution < -0.4 is 9.47 Å². The average Bonchev–Trinajstić information content (AvgIpc) is 2.28. The van der Waals surface area contributed by atoms with E-state index in [0.29, 0.717) is 0 Å². The molecule has 0 fully saturated rings. The van der Waals surface area contributed by atoms with Crippen LogP contribution in [-0.4, -0.2) is 24.9 Å². The number of nitrogens with zero attached hydrogens (tertiary/aromatic N) is 1. The number of carbonyl (C=O) groups is 1. The molecule has 0 amide bonds. The van der Waals surface area contributed by atoms with E-state index in [1.165, 1.54) is 0 Å². The first-order chi connectivity index (χ1) is 7.99. The molecule has 0 saturated heterocycles. The van der Waals surface area contributed by atoms with E-state index in [4.69, 9.17) is 0 Å². The van der Waals surface area contributed by atoms with Crippen LogP contribution in [0.2, 0.25) is 0 Å². The predicted octanol–water partition coefficient (Wildman–Crippen LogP) is 2.02. The number of halogens is 2. The van der Waals surface area contributed by atoms with Crippen molar-refractivity contribution in [2.75, 3.05) is 7.11 Å². The first kappa shape index (κ1) is 12.8. The second kappa shape index (κ2) is 5.19. The Labute approximate surface area is 93.9 Å². The average molecular weight is 247 g/mol. The van der Waals surface area contributed by atoms with Crippen molar-refractivity contribution < 1.29 is 28.0 Å². The third kappa shape index (κ3) is 2.86. The molecule has 0 atom stereocenters. The third-order valence-electron chi connectivity index (χ3n) is 1.83. The van der Waals surface area contributed by atoms with E-state index in [1.807, 2.05) is 0 Å². The Kier molecular flexibility index (Phi) is 3.91. The van der Waals surface area contributed by atoms with Gasteiger partial charge in [0.1, 0.15) is 0 Å². The molecule has 1 rings (SSSR count). The zero-order valence-electron chi connectivity index (χ0n) is 8.55. The maximum absolute atomic E-state index is 12.1. The molecule has 1 aromatic rings. The molecule has 0 aliphatic rings. The van der Waals surface area contributed by atoms with Crippen LogP contribution in [0.15, 0.2) is 12.1 Å². The molecule has 92 valence electrons. The summed E-state index contributed by atoms with van der Waals surface area (Å²) in [4.78, 5) is 20.4. The standard InChI is InChI=1S/C9H7F2NO5/c1-16-7-3-6(12(14)15)2-5(4-13)8(7)17-9(10)11/h2-4,9H,1H3. The van der Waals surface area contributed by atoms with Gasteiger partial charge in [-0.1, -0.05) is 0 Å². The number of rotatable bonds is 5. The van der Waals surface area contributed by atoms with E-state index in [0.717, 1.165) is 19.2 Å². The highest BCUT2D eigenvalue weighted by atomic mass is 19.3. The topological polar surface area (TPSA) is 78.7 Å². The normalized spacial score (nSPS) is 10.1. The first-order valence-electron chi connectivity index (χ1n) is 4.26. The summed E-state index contributed by atoms with van der Waals surface area (Å²) in [5.74, 6) is -0.829. The van der Waals surface area contributed by atoms with Crippen LogP contribution in [0, 0.1) is 10.1 Å². The smallest absolute Gasteiger partial charge is 0.387 e. The van der Waals surface area contributed by atoms with Gasteiger partial charge in [-0.05, 0) is 0 Å². The highest BCUT2D eigenvalue weighted by Gasteiger charge is 2.20. The van der Waals surface area contributed by atoms with Crippen molar-refractivity contribution in [2.45, 2.75) is 6.61 Å². The molecule has 0 bridgehead atoms. The van der Waals surface area contributed by atoms with Crippen LogP contribution >= 0.6 is 0 Å². The van der Waals surface area contributed by atoms with E-state index in [-0.39, 0.29) is 17.6 Å². The van der Waals surface area contributed by atoms with Crippen LogP contribution in [0.25, 0.3) is 0 Å². The second-order valence-corrected chi connectivity index (χ2v) is 2.82. The van der Waals surface area contributed by atoms with Crippen LogP contribution in [0.1, 0.15) is 10.4 Å². The van der Waals surface area contributed by atoms with E-state index >= 15 is 0 Å². The van der Waals surface area contributed by atoms with Crippen LogP contribution in [-0.2, 0) is 0 Å². The van der Waals surface area contributed by atoms with Gasteiger partial charge in [-0.15, -0.1) is 0 Å². The summed E-state index contributed by atoms with van der Waals surface area (Å²) in [6.45, 7) is -3.16. The van der Waals surface area contributed by atoms with Gasteiger partial charge in [0.2, 0.25) is 0 Å². The fraction of sp³-hybridized carbons (Fsp3) is 0.222. The molecule has 0 saturated carbocycles. The van der Waals surface area contributed by atoms with E-state index in [1.54, 1.807) is 0 Å². The van der Waals surface area contributed by atoms with Crippen molar-refractivity contribution in [1.82, 2.24) is 0 Å². The van der Waals surface area contributed by atoms with Gasteiger partial charge in [-0.25, -0.2) is 0 Å². The van der Waals surface area contributed by atoms with Gasteiger partial charge < -0.3 is 9.47 Å². The third-order valence-corrected chi connectivity index (χ3v) is 1.83. The molecule has 17 heavy (non-hydrogen) atoms. The van der Waals surface area contributed by atoms with Crippen molar-refractivity contribution in [3.05, 3.63) is 27.8 Å². The molecular formula is C9H7F2NO5. The molecule has 0 aliphatic carbocycles. The lowest BCUT2D eigenvalue weighted by atomic mass is 10.2. The molecule has 1 aromatic carbocycles. The summed E-state index contributed by atoms with van der Waals surface area (Å²) in [5, 5.41) is 10.5. The number of nitro groups is 1. The molecule has 0 radical (unpaired) electrons. The SMILES string of the molecule is COc1cc([N+](=O)[O-])cc(C=O)c1OC(F)F. The van der Waals surface area contributed by atoms with Gasteiger partial charge in [-0.3, -0.25) is 14.9 Å². The van der Waals surface area contributed by atoms with Crippen LogP contribution in [0.5, 0.6) is 11.5 Å². The lowest BCUT2D eigenvalue weighted by molar-refractivity contribution is -0.385. The second-order valence-electron chi connectivity index (χ2n) is 2.82. The summed E-state index contributed by atoms with van der Waals surface area (Å²) in [7, 11) is 1.12. The van der Waals surface area contributed by atoms with E-state index < -0.39 is 23.0 Å². The highest BCUT2D eigenvalue weighted by molar-refractivity contribution is 5.83. The molecule has 0 spiro atoms. The minimum absolute atomic E-state index is 0.174. The summed E-state index contributed by atoms with van der Waals surface area (Å²) in [6, 6.07) is 1.72. The number of aldehydes is 1. The quantitative estimate of drug-likeness (QED) is 0.451. The summed E-state index contributed by atoms with van der Waals surface area (Å²) >= 11 is 0. The molecule has 0 N–H and O–H groups in total. The summed E-state index contributed by atoms with van der Waals surface area (Å²) in [5.41, 5.74) is -0.832. The monoisotopic (exact) mass is 247 g/mol. The summed E-state index contributed by atoms with van der Waals surface area (Å²) in [6.07, 6.45) is 0.174. The van der Waals surface area contributed by atoms with Gasteiger partial charge in [0, 0.05) is 6.07 Å². The molecule has 0 unspecified atom stereocenters. The Morgan fingerprint density at radius 1 is 1.47 bits per heavy atom. The molecule has 6 nitrogen and oxygen atoms in total. The number of carbonyl (C=O) groups excluding carboxylic acids is 1. The van der Waals surface area contributed by atoms with Crippen molar-refractivity contribution in [3.63, 3.8) is 0 Å². The Bertz CT molecular complexity index is 449. The molecule has 0 aromatic heterocycles. The largest absolute Gasteiger partial charge is 0.493 e. The zero-order chi connectivity index (χ0) is 13.0. The summed E-state index contributed by atoms with van der Waals surface area (Å²) < 4.78 is 32.9. The van der Waals surface area contributed by atoms with Crippen LogP contribution in [0.3, 0.4) is 0 Å². The maximum atomic E-state index is 12.1. The van der Waals surface area contributed by atoms with Gasteiger partial charge in [0.15, 0.2) is 17.8 Å². The number of non-ortho nitro benzene ring substituents is 1. The number of nitro benzene ring substituents is 1. The fourth-order valence-electron chi connectivity index (χ4n) is 1.17. The predicted molar refractivity (Wildman–Crippen MR) is 51.7 cm³/mol. The van der Waals surface area contributed by atoms with E-state index in [2.05, 4.69) is 9.47 Å². The maximum Gasteiger partial charge on any atom is 0.387 e. The minimum atomic E-state index is -3.16. The van der Waals surface area contributed by atoms with E-state index in [9.17, 15) is 23.7 Å². The van der Waals surface area contributed by atoms with Crippen LogP contribution in [0.4, 0.5) is 14.5 Å². The molecule has 8 heteroatoms. The lowest BCUT2D eigenvalue weighted by Gasteiger charge is -2.11. The number of methoxy groups -OCH3 is 1. The molecular weight excluding hydrogens is 240 g/mol. The number of ether oxygens (including phenoxy) is 2. The Morgan fingerprint density at radius 2 is 2.12 bits per heavy atom. The molecule has 0 heterocycles. The number of hydrogen-bond acceptors (Lipinski definition) is 5.